The molecule has 0 radical (unpaired) electrons. The number of aliphatic hydroxyl groups excluding tert-OH is 3. The number of rotatable bonds is 15. The third kappa shape index (κ3) is 14.4. The van der Waals surface area contributed by atoms with Crippen molar-refractivity contribution in [2.75, 3.05) is 13.2 Å². The molecule has 1 aromatic carbocycles. The molecule has 19 heteroatoms. The van der Waals surface area contributed by atoms with E-state index in [1.807, 2.05) is 19.1 Å². The summed E-state index contributed by atoms with van der Waals surface area (Å²) in [6.07, 6.45) is 2.52. The number of hydrogen-bond acceptors (Lipinski definition) is 12. The lowest BCUT2D eigenvalue weighted by Gasteiger charge is -2.27. The van der Waals surface area contributed by atoms with E-state index in [0.717, 1.165) is 23.5 Å². The van der Waals surface area contributed by atoms with Crippen molar-refractivity contribution >= 4 is 49.6 Å². The number of unbranched alkanes of at least 4 members (excludes halogenated alkanes) is 1. The van der Waals surface area contributed by atoms with Crippen LogP contribution in [-0.4, -0.2) is 80.9 Å². The molecule has 1 aliphatic heterocycles. The highest BCUT2D eigenvalue weighted by molar-refractivity contribution is 7.95. The Morgan fingerprint density at radius 1 is 1.15 bits per heavy atom. The summed E-state index contributed by atoms with van der Waals surface area (Å²) < 4.78 is 96.0. The second-order valence-electron chi connectivity index (χ2n) is 13.6. The molecule has 0 bridgehead atoms. The summed E-state index contributed by atoms with van der Waals surface area (Å²) in [4.78, 5) is 11.5. The van der Waals surface area contributed by atoms with Crippen molar-refractivity contribution < 1.29 is 59.6 Å². The fourth-order valence-electron chi connectivity index (χ4n) is 6.20. The topological polar surface area (TPSA) is 203 Å². The van der Waals surface area contributed by atoms with E-state index in [1.165, 1.54) is 24.3 Å². The van der Waals surface area contributed by atoms with E-state index in [-0.39, 0.29) is 69.6 Å². The largest absolute Gasteiger partial charge is 0.491 e. The van der Waals surface area contributed by atoms with Gasteiger partial charge in [0.05, 0.1) is 29.1 Å². The van der Waals surface area contributed by atoms with Crippen molar-refractivity contribution in [3.8, 4) is 5.75 Å². The van der Waals surface area contributed by atoms with Gasteiger partial charge in [-0.2, -0.15) is 13.2 Å². The van der Waals surface area contributed by atoms with Gasteiger partial charge in [0.1, 0.15) is 26.9 Å². The van der Waals surface area contributed by atoms with Crippen LogP contribution < -0.4 is 15.2 Å². The molecule has 1 aliphatic carbocycles. The molecule has 1 fully saturated rings. The van der Waals surface area contributed by atoms with Crippen LogP contribution in [0.25, 0.3) is 0 Å². The van der Waals surface area contributed by atoms with E-state index in [2.05, 4.69) is 5.32 Å². The number of nitrogens with two attached hydrogens (primary N) is 1. The van der Waals surface area contributed by atoms with Gasteiger partial charge in [-0.3, -0.25) is 4.79 Å². The first-order chi connectivity index (χ1) is 25.1. The SMILES string of the molecule is CC(C)OC(=O)CCC/C=C\C[C@@H]1[C@@H](/C=C/[C@@H](O)COc2cccc(C(F)(F)F)c2)[C@H](O)C[C@@H]1O.CCNC1CC(C)S(=O)(=O)c2sc(S(N)(=O)=O)cc21.Cl. The van der Waals surface area contributed by atoms with Crippen LogP contribution in [-0.2, 0) is 35.6 Å². The van der Waals surface area contributed by atoms with Gasteiger partial charge in [-0.25, -0.2) is 22.0 Å². The molecule has 0 spiro atoms. The molecule has 4 rings (SSSR count). The fourth-order valence-corrected chi connectivity index (χ4v) is 10.6. The maximum Gasteiger partial charge on any atom is 0.416 e. The smallest absolute Gasteiger partial charge is 0.416 e. The molecule has 2 aromatic rings. The summed E-state index contributed by atoms with van der Waals surface area (Å²) in [5, 5.41) is 38.6. The Morgan fingerprint density at radius 3 is 2.45 bits per heavy atom. The summed E-state index contributed by atoms with van der Waals surface area (Å²) in [5.41, 5.74) is -0.316. The number of ether oxygens (including phenoxy) is 2. The number of hydrogen-bond donors (Lipinski definition) is 5. The number of aliphatic hydroxyl groups is 3. The third-order valence-electron chi connectivity index (χ3n) is 8.91. The van der Waals surface area contributed by atoms with Gasteiger partial charge in [0.25, 0.3) is 0 Å². The third-order valence-corrected chi connectivity index (χ3v) is 14.2. The number of sulfonamides is 1. The van der Waals surface area contributed by atoms with Gasteiger partial charge in [0, 0.05) is 30.4 Å². The lowest BCUT2D eigenvalue weighted by molar-refractivity contribution is -0.147. The van der Waals surface area contributed by atoms with E-state index >= 15 is 0 Å². The molecule has 12 nitrogen and oxygen atoms in total. The molecule has 6 N–H and O–H groups in total. The van der Waals surface area contributed by atoms with Gasteiger partial charge in [0.2, 0.25) is 10.0 Å². The van der Waals surface area contributed by atoms with E-state index in [0.29, 0.717) is 44.2 Å². The molecule has 312 valence electrons. The second kappa shape index (κ2) is 21.3. The van der Waals surface area contributed by atoms with E-state index in [1.54, 1.807) is 26.8 Å². The fraction of sp³-hybridized carbons (Fsp3) is 0.583. The van der Waals surface area contributed by atoms with Crippen molar-refractivity contribution in [2.24, 2.45) is 17.0 Å². The number of primary sulfonamides is 1. The van der Waals surface area contributed by atoms with Crippen LogP contribution in [0, 0.1) is 11.8 Å². The van der Waals surface area contributed by atoms with Crippen LogP contribution in [0.1, 0.15) is 83.4 Å². The van der Waals surface area contributed by atoms with Gasteiger partial charge in [-0.1, -0.05) is 37.3 Å². The number of sulfone groups is 1. The van der Waals surface area contributed by atoms with Gasteiger partial charge >= 0.3 is 12.1 Å². The van der Waals surface area contributed by atoms with Crippen molar-refractivity contribution in [3.63, 3.8) is 0 Å². The number of allylic oxidation sites excluding steroid dienone is 2. The van der Waals surface area contributed by atoms with E-state index in [4.69, 9.17) is 14.6 Å². The van der Waals surface area contributed by atoms with Crippen LogP contribution in [0.2, 0.25) is 0 Å². The minimum atomic E-state index is -4.49. The Hall–Kier alpha value is -2.55. The molecule has 2 heterocycles. The number of fused-ring (bicyclic) bond motifs is 1. The zero-order valence-electron chi connectivity index (χ0n) is 31.0. The summed E-state index contributed by atoms with van der Waals surface area (Å²) in [7, 11) is -7.33. The highest BCUT2D eigenvalue weighted by Gasteiger charge is 2.40. The number of alkyl halides is 3. The first-order valence-electron chi connectivity index (χ1n) is 17.7. The minimum Gasteiger partial charge on any atom is -0.491 e. The zero-order valence-corrected chi connectivity index (χ0v) is 34.3. The molecule has 55 heavy (non-hydrogen) atoms. The Morgan fingerprint density at radius 2 is 1.84 bits per heavy atom. The lowest BCUT2D eigenvalue weighted by Crippen LogP contribution is -2.33. The molecular weight excluding hydrogens is 809 g/mol. The first-order valence-corrected chi connectivity index (χ1v) is 21.6. The number of halogens is 4. The van der Waals surface area contributed by atoms with Gasteiger partial charge in [0.15, 0.2) is 9.84 Å². The molecule has 7 atom stereocenters. The number of carbonyl (C=O) groups excluding carboxylic acids is 1. The van der Waals surface area contributed by atoms with Gasteiger partial charge in [-0.15, -0.1) is 23.7 Å². The maximum atomic E-state index is 12.8. The molecule has 0 saturated heterocycles. The van der Waals surface area contributed by atoms with Gasteiger partial charge < -0.3 is 30.1 Å². The minimum absolute atomic E-state index is 0. The number of benzene rings is 1. The summed E-state index contributed by atoms with van der Waals surface area (Å²) in [6.45, 7) is 7.57. The van der Waals surface area contributed by atoms with Crippen LogP contribution >= 0.6 is 23.7 Å². The predicted molar refractivity (Wildman–Crippen MR) is 205 cm³/mol. The van der Waals surface area contributed by atoms with Crippen molar-refractivity contribution in [2.45, 2.75) is 117 Å². The first kappa shape index (κ1) is 48.6. The number of nitrogens with one attached hydrogen (secondary N) is 1. The van der Waals surface area contributed by atoms with Crippen molar-refractivity contribution in [1.82, 2.24) is 5.32 Å². The standard InChI is InChI=1S/C26H35F3O6.C10H16N2O4S3.ClH/c1-17(2)35-25(33)11-6-4-3-5-10-21-22(24(32)15-23(21)31)13-12-19(30)16-34-20-9-7-8-18(14-20)26(27,28)29;1-3-12-8-4-6(2)18(13,14)10-7(8)5-9(17-10)19(11,15)16;/h3,5,7-9,12-14,17,19,21-24,30-32H,4,6,10-11,15-16H2,1-2H3;5-6,8,12H,3-4H2,1-2H3,(H2,11,15,16);1H/b5-3-,13-12+;;/t19-,21-,22-,23+,24-;;/m1../s1. The molecule has 2 unspecified atom stereocenters. The van der Waals surface area contributed by atoms with Gasteiger partial charge in [-0.05, 0) is 83.2 Å². The van der Waals surface area contributed by atoms with Crippen LogP contribution in [0.4, 0.5) is 13.2 Å². The summed E-state index contributed by atoms with van der Waals surface area (Å²) in [6, 6.07) is 5.63. The summed E-state index contributed by atoms with van der Waals surface area (Å²) >= 11 is 0.742. The Balaban J connectivity index is 0.000000440. The highest BCUT2D eigenvalue weighted by Crippen LogP contribution is 2.42. The molecule has 2 aliphatic rings. The van der Waals surface area contributed by atoms with E-state index < -0.39 is 55.2 Å². The van der Waals surface area contributed by atoms with Crippen molar-refractivity contribution in [3.05, 3.63) is 65.8 Å². The molecule has 0 amide bonds. The average molecular weight is 861 g/mol. The van der Waals surface area contributed by atoms with Crippen LogP contribution in [0.15, 0.2) is 63.1 Å². The normalized spacial score (nSPS) is 24.2. The zero-order chi connectivity index (χ0) is 40.4. The molecule has 1 aromatic heterocycles. The number of esters is 1. The molecular formula is C36H52ClF3N2O10S3. The van der Waals surface area contributed by atoms with Crippen LogP contribution in [0.5, 0.6) is 5.75 Å². The highest BCUT2D eigenvalue weighted by atomic mass is 35.5. The predicted octanol–water partition coefficient (Wildman–Crippen LogP) is 5.46. The maximum absolute atomic E-state index is 12.8. The number of thiophene rings is 1. The average Bonchev–Trinajstić information content (AvgIpc) is 3.65. The second-order valence-corrected chi connectivity index (χ2v) is 19.0. The summed E-state index contributed by atoms with van der Waals surface area (Å²) in [5.74, 6) is -0.883. The van der Waals surface area contributed by atoms with E-state index in [9.17, 15) is 50.1 Å². The monoisotopic (exact) mass is 860 g/mol. The number of carbonyl (C=O) groups is 1. The Labute approximate surface area is 331 Å². The Kier molecular flexibility index (Phi) is 18.8. The van der Waals surface area contributed by atoms with Crippen molar-refractivity contribution in [1.29, 1.82) is 0 Å². The Bertz CT molecular complexity index is 1820. The lowest BCUT2D eigenvalue weighted by atomic mass is 9.89. The molecule has 1 saturated carbocycles. The van der Waals surface area contributed by atoms with Crippen LogP contribution in [0.3, 0.4) is 0 Å². The quantitative estimate of drug-likeness (QED) is 0.0865.